The molecule has 10 heteroatoms. The molecule has 0 spiro atoms. The fourth-order valence-corrected chi connectivity index (χ4v) is 5.13. The largest absolute Gasteiger partial charge is 0.495 e. The molecule has 0 saturated heterocycles. The summed E-state index contributed by atoms with van der Waals surface area (Å²) in [5, 5.41) is 3.46. The van der Waals surface area contributed by atoms with Gasteiger partial charge in [0, 0.05) is 24.0 Å². The number of nitrogens with zero attached hydrogens (tertiary/aromatic N) is 2. The van der Waals surface area contributed by atoms with Crippen LogP contribution in [0.1, 0.15) is 25.0 Å². The van der Waals surface area contributed by atoms with E-state index in [1.807, 2.05) is 44.2 Å². The van der Waals surface area contributed by atoms with E-state index in [9.17, 15) is 18.0 Å². The number of ether oxygens (including phenoxy) is 1. The topological polar surface area (TPSA) is 96.0 Å². The van der Waals surface area contributed by atoms with E-state index >= 15 is 0 Å². The molecule has 0 unspecified atom stereocenters. The van der Waals surface area contributed by atoms with Crippen LogP contribution in [0.3, 0.4) is 0 Å². The van der Waals surface area contributed by atoms with E-state index in [0.717, 1.165) is 21.7 Å². The first-order valence-electron chi connectivity index (χ1n) is 12.5. The third kappa shape index (κ3) is 8.46. The van der Waals surface area contributed by atoms with Gasteiger partial charge in [0.1, 0.15) is 18.3 Å². The maximum Gasteiger partial charge on any atom is 0.244 e. The lowest BCUT2D eigenvalue weighted by molar-refractivity contribution is -0.140. The number of rotatable bonds is 12. The lowest BCUT2D eigenvalue weighted by atomic mass is 10.0. The van der Waals surface area contributed by atoms with Gasteiger partial charge in [-0.1, -0.05) is 66.2 Å². The highest BCUT2D eigenvalue weighted by Crippen LogP contribution is 2.30. The van der Waals surface area contributed by atoms with Crippen molar-refractivity contribution < 1.29 is 22.7 Å². The van der Waals surface area contributed by atoms with Crippen LogP contribution in [-0.4, -0.2) is 57.1 Å². The van der Waals surface area contributed by atoms with Crippen LogP contribution in [0, 0.1) is 0 Å². The van der Waals surface area contributed by atoms with Crippen LogP contribution in [-0.2, 0) is 32.6 Å². The second-order valence-electron chi connectivity index (χ2n) is 9.46. The number of carbonyl (C=O) groups is 2. The molecule has 0 aliphatic heterocycles. The van der Waals surface area contributed by atoms with Gasteiger partial charge in [-0.2, -0.15) is 0 Å². The molecular formula is C29H34ClN3O5S. The number of carbonyl (C=O) groups excluding carboxylic acids is 2. The second-order valence-corrected chi connectivity index (χ2v) is 11.8. The summed E-state index contributed by atoms with van der Waals surface area (Å²) >= 11 is 6.07. The minimum atomic E-state index is -3.89. The minimum absolute atomic E-state index is 0.0720. The first-order valence-corrected chi connectivity index (χ1v) is 14.7. The molecule has 3 aromatic carbocycles. The van der Waals surface area contributed by atoms with Gasteiger partial charge in [-0.3, -0.25) is 13.9 Å². The van der Waals surface area contributed by atoms with Gasteiger partial charge in [-0.25, -0.2) is 8.42 Å². The highest BCUT2D eigenvalue weighted by atomic mass is 35.5. The molecule has 3 aromatic rings. The third-order valence-electron chi connectivity index (χ3n) is 6.00. The highest BCUT2D eigenvalue weighted by Gasteiger charge is 2.33. The Morgan fingerprint density at radius 1 is 0.923 bits per heavy atom. The zero-order valence-corrected chi connectivity index (χ0v) is 24.1. The summed E-state index contributed by atoms with van der Waals surface area (Å²) in [6.07, 6.45) is 1.27. The van der Waals surface area contributed by atoms with Crippen molar-refractivity contribution in [2.75, 3.05) is 24.2 Å². The number of methoxy groups -OCH3 is 1. The molecule has 0 heterocycles. The van der Waals surface area contributed by atoms with E-state index in [2.05, 4.69) is 5.32 Å². The number of hydrogen-bond donors (Lipinski definition) is 1. The zero-order valence-electron chi connectivity index (χ0n) is 22.5. The van der Waals surface area contributed by atoms with Crippen molar-refractivity contribution in [2.24, 2.45) is 0 Å². The predicted octanol–water partition coefficient (Wildman–Crippen LogP) is 4.28. The maximum absolute atomic E-state index is 14.0. The molecule has 1 atom stereocenters. The first kappa shape index (κ1) is 30.0. The summed E-state index contributed by atoms with van der Waals surface area (Å²) in [7, 11) is -2.46. The van der Waals surface area contributed by atoms with Crippen molar-refractivity contribution in [1.29, 1.82) is 0 Å². The number of hydrogen-bond acceptors (Lipinski definition) is 5. The van der Waals surface area contributed by atoms with Crippen molar-refractivity contribution in [3.63, 3.8) is 0 Å². The van der Waals surface area contributed by atoms with Crippen molar-refractivity contribution in [2.45, 2.75) is 38.9 Å². The molecule has 0 aromatic heterocycles. The van der Waals surface area contributed by atoms with Crippen molar-refractivity contribution >= 4 is 39.1 Å². The van der Waals surface area contributed by atoms with Crippen LogP contribution < -0.4 is 14.4 Å². The minimum Gasteiger partial charge on any atom is -0.495 e. The number of nitrogens with one attached hydrogen (secondary N) is 1. The van der Waals surface area contributed by atoms with Gasteiger partial charge in [0.25, 0.3) is 0 Å². The standard InChI is InChI=1S/C29H34ClN3O5S/c1-21(2)31-29(35)26(18-22-10-6-5-7-11-22)32(19-23-14-16-24(30)17-15-23)28(34)20-33(39(4,36)37)25-12-8-9-13-27(25)38-3/h5-17,21,26H,18-20H2,1-4H3,(H,31,35)/t26-/m0/s1. The average molecular weight is 572 g/mol. The quantitative estimate of drug-likeness (QED) is 0.350. The summed E-state index contributed by atoms with van der Waals surface area (Å²) < 4.78 is 32.2. The number of halogens is 1. The molecule has 0 radical (unpaired) electrons. The molecule has 3 rings (SSSR count). The third-order valence-corrected chi connectivity index (χ3v) is 7.38. The van der Waals surface area contributed by atoms with Gasteiger partial charge >= 0.3 is 0 Å². The molecule has 2 amide bonds. The van der Waals surface area contributed by atoms with E-state index < -0.39 is 28.5 Å². The number of para-hydroxylation sites is 2. The molecule has 0 bridgehead atoms. The number of amides is 2. The predicted molar refractivity (Wildman–Crippen MR) is 154 cm³/mol. The SMILES string of the molecule is COc1ccccc1N(CC(=O)N(Cc1ccc(Cl)cc1)[C@@H](Cc1ccccc1)C(=O)NC(C)C)S(C)(=O)=O. The second kappa shape index (κ2) is 13.5. The number of benzene rings is 3. The Bertz CT molecular complexity index is 1370. The Hall–Kier alpha value is -3.56. The van der Waals surface area contributed by atoms with Crippen LogP contribution in [0.15, 0.2) is 78.9 Å². The summed E-state index contributed by atoms with van der Waals surface area (Å²) in [6, 6.07) is 21.9. The van der Waals surface area contributed by atoms with E-state index in [0.29, 0.717) is 10.8 Å². The molecule has 0 aliphatic rings. The normalized spacial score (nSPS) is 12.1. The Morgan fingerprint density at radius 3 is 2.13 bits per heavy atom. The molecule has 8 nitrogen and oxygen atoms in total. The Kier molecular flexibility index (Phi) is 10.4. The Balaban J connectivity index is 2.07. The van der Waals surface area contributed by atoms with E-state index in [-0.39, 0.29) is 30.6 Å². The average Bonchev–Trinajstić information content (AvgIpc) is 2.89. The van der Waals surface area contributed by atoms with Crippen molar-refractivity contribution in [3.8, 4) is 5.75 Å². The molecule has 0 aliphatic carbocycles. The summed E-state index contributed by atoms with van der Waals surface area (Å²) in [6.45, 7) is 3.24. The summed E-state index contributed by atoms with van der Waals surface area (Å²) in [4.78, 5) is 29.0. The van der Waals surface area contributed by atoms with Gasteiger partial charge in [0.05, 0.1) is 19.1 Å². The van der Waals surface area contributed by atoms with Crippen molar-refractivity contribution in [1.82, 2.24) is 10.2 Å². The van der Waals surface area contributed by atoms with Crippen LogP contribution in [0.5, 0.6) is 5.75 Å². The van der Waals surface area contributed by atoms with E-state index in [1.165, 1.54) is 12.0 Å². The van der Waals surface area contributed by atoms with Crippen molar-refractivity contribution in [3.05, 3.63) is 95.0 Å². The van der Waals surface area contributed by atoms with Crippen LogP contribution >= 0.6 is 11.6 Å². The fraction of sp³-hybridized carbons (Fsp3) is 0.310. The van der Waals surface area contributed by atoms with Gasteiger partial charge in [0.15, 0.2) is 0 Å². The first-order chi connectivity index (χ1) is 18.5. The lowest BCUT2D eigenvalue weighted by Gasteiger charge is -2.34. The molecule has 208 valence electrons. The highest BCUT2D eigenvalue weighted by molar-refractivity contribution is 7.92. The summed E-state index contributed by atoms with van der Waals surface area (Å²) in [5.74, 6) is -0.571. The molecule has 0 fully saturated rings. The van der Waals surface area contributed by atoms with Gasteiger partial charge < -0.3 is 15.0 Å². The fourth-order valence-electron chi connectivity index (χ4n) is 4.15. The smallest absolute Gasteiger partial charge is 0.244 e. The molecular weight excluding hydrogens is 538 g/mol. The number of sulfonamides is 1. The molecule has 0 saturated carbocycles. The van der Waals surface area contributed by atoms with Gasteiger partial charge in [0.2, 0.25) is 21.8 Å². The Morgan fingerprint density at radius 2 is 1.54 bits per heavy atom. The van der Waals surface area contributed by atoms with E-state index in [4.69, 9.17) is 16.3 Å². The monoisotopic (exact) mass is 571 g/mol. The summed E-state index contributed by atoms with van der Waals surface area (Å²) in [5.41, 5.74) is 1.83. The maximum atomic E-state index is 14.0. The molecule has 1 N–H and O–H groups in total. The van der Waals surface area contributed by atoms with Crippen LogP contribution in [0.2, 0.25) is 5.02 Å². The number of anilines is 1. The van der Waals surface area contributed by atoms with Crippen LogP contribution in [0.25, 0.3) is 0 Å². The van der Waals surface area contributed by atoms with Gasteiger partial charge in [-0.05, 0) is 49.2 Å². The molecule has 39 heavy (non-hydrogen) atoms. The zero-order chi connectivity index (χ0) is 28.6. The van der Waals surface area contributed by atoms with Gasteiger partial charge in [-0.15, -0.1) is 0 Å². The lowest BCUT2D eigenvalue weighted by Crippen LogP contribution is -2.54. The van der Waals surface area contributed by atoms with Crippen LogP contribution in [0.4, 0.5) is 5.69 Å². The Labute approximate surface area is 235 Å². The van der Waals surface area contributed by atoms with E-state index in [1.54, 1.807) is 48.5 Å².